The van der Waals surface area contributed by atoms with Gasteiger partial charge in [-0.3, -0.25) is 0 Å². The lowest BCUT2D eigenvalue weighted by molar-refractivity contribution is 0.0462. The van der Waals surface area contributed by atoms with Crippen LogP contribution in [0.4, 0.5) is 0 Å². The third-order valence-corrected chi connectivity index (χ3v) is 4.69. The Bertz CT molecular complexity index is 1040. The van der Waals surface area contributed by atoms with Crippen LogP contribution in [-0.2, 0) is 11.3 Å². The fourth-order valence-electron chi connectivity index (χ4n) is 2.48. The molecule has 4 aromatic rings. The molecule has 1 aromatic carbocycles. The van der Waals surface area contributed by atoms with Crippen molar-refractivity contribution in [2.24, 2.45) is 0 Å². The van der Waals surface area contributed by atoms with Gasteiger partial charge in [-0.25, -0.2) is 14.8 Å². The van der Waals surface area contributed by atoms with Gasteiger partial charge in [-0.1, -0.05) is 30.3 Å². The van der Waals surface area contributed by atoms with Crippen molar-refractivity contribution < 1.29 is 9.53 Å². The average molecular weight is 349 g/mol. The number of rotatable bonds is 4. The summed E-state index contributed by atoms with van der Waals surface area (Å²) in [6, 6.07) is 13.8. The van der Waals surface area contributed by atoms with Gasteiger partial charge in [0, 0.05) is 23.3 Å². The van der Waals surface area contributed by atoms with Crippen LogP contribution in [0, 0.1) is 6.92 Å². The van der Waals surface area contributed by atoms with Crippen LogP contribution >= 0.6 is 11.3 Å². The molecule has 0 radical (unpaired) electrons. The van der Waals surface area contributed by atoms with Gasteiger partial charge < -0.3 is 9.14 Å². The molecule has 5 nitrogen and oxygen atoms in total. The van der Waals surface area contributed by atoms with Crippen LogP contribution in [0.15, 0.2) is 60.2 Å². The number of esters is 1. The van der Waals surface area contributed by atoms with Crippen LogP contribution in [-0.4, -0.2) is 20.3 Å². The first-order chi connectivity index (χ1) is 12.2. The van der Waals surface area contributed by atoms with E-state index in [0.29, 0.717) is 5.69 Å². The van der Waals surface area contributed by atoms with E-state index in [1.165, 1.54) is 11.3 Å². The summed E-state index contributed by atoms with van der Waals surface area (Å²) >= 11 is 1.53. The molecule has 4 rings (SSSR count). The zero-order valence-electron chi connectivity index (χ0n) is 13.5. The summed E-state index contributed by atoms with van der Waals surface area (Å²) < 4.78 is 7.16. The molecule has 0 bridgehead atoms. The molecule has 6 heteroatoms. The van der Waals surface area contributed by atoms with E-state index >= 15 is 0 Å². The number of carbonyl (C=O) groups excluding carboxylic acids is 1. The predicted molar refractivity (Wildman–Crippen MR) is 96.6 cm³/mol. The normalized spacial score (nSPS) is 10.9. The second kappa shape index (κ2) is 6.49. The molecule has 0 N–H and O–H groups in total. The number of thiazole rings is 1. The third-order valence-electron chi connectivity index (χ3n) is 3.75. The molecule has 124 valence electrons. The van der Waals surface area contributed by atoms with Gasteiger partial charge in [0.05, 0.1) is 5.69 Å². The van der Waals surface area contributed by atoms with Gasteiger partial charge in [0.2, 0.25) is 0 Å². The first kappa shape index (κ1) is 15.5. The molecule has 3 aromatic heterocycles. The van der Waals surface area contributed by atoms with Crippen LogP contribution in [0.2, 0.25) is 0 Å². The van der Waals surface area contributed by atoms with Gasteiger partial charge in [0.1, 0.15) is 17.3 Å². The van der Waals surface area contributed by atoms with Crippen LogP contribution in [0.25, 0.3) is 16.2 Å². The van der Waals surface area contributed by atoms with E-state index in [0.717, 1.165) is 27.5 Å². The summed E-state index contributed by atoms with van der Waals surface area (Å²) in [5.74, 6) is -0.449. The quantitative estimate of drug-likeness (QED) is 0.520. The van der Waals surface area contributed by atoms with Gasteiger partial charge in [-0.2, -0.15) is 0 Å². The SMILES string of the molecule is Cc1ccn2cc(C(=O)OCc3csc(-c4ccccc4)n3)nc2c1. The van der Waals surface area contributed by atoms with Crippen molar-refractivity contribution in [3.05, 3.63) is 77.2 Å². The lowest BCUT2D eigenvalue weighted by atomic mass is 10.2. The Labute approximate surface area is 148 Å². The molecular weight excluding hydrogens is 334 g/mol. The highest BCUT2D eigenvalue weighted by atomic mass is 32.1. The van der Waals surface area contributed by atoms with Crippen molar-refractivity contribution in [3.63, 3.8) is 0 Å². The summed E-state index contributed by atoms with van der Waals surface area (Å²) in [7, 11) is 0. The zero-order valence-corrected chi connectivity index (χ0v) is 14.4. The number of aromatic nitrogens is 3. The van der Waals surface area contributed by atoms with Gasteiger partial charge >= 0.3 is 5.97 Å². The topological polar surface area (TPSA) is 56.5 Å². The fourth-order valence-corrected chi connectivity index (χ4v) is 3.29. The highest BCUT2D eigenvalue weighted by Gasteiger charge is 2.13. The molecule has 0 spiro atoms. The minimum absolute atomic E-state index is 0.134. The van der Waals surface area contributed by atoms with Crippen molar-refractivity contribution in [3.8, 4) is 10.6 Å². The summed E-state index contributed by atoms with van der Waals surface area (Å²) in [5, 5.41) is 2.82. The molecule has 0 unspecified atom stereocenters. The van der Waals surface area contributed by atoms with Gasteiger partial charge in [-0.05, 0) is 24.6 Å². The minimum Gasteiger partial charge on any atom is -0.454 e. The molecule has 0 saturated heterocycles. The van der Waals surface area contributed by atoms with E-state index in [2.05, 4.69) is 9.97 Å². The molecule has 0 saturated carbocycles. The maximum Gasteiger partial charge on any atom is 0.358 e. The number of pyridine rings is 1. The van der Waals surface area contributed by atoms with Crippen molar-refractivity contribution >= 4 is 23.0 Å². The predicted octanol–water partition coefficient (Wildman–Crippen LogP) is 4.12. The van der Waals surface area contributed by atoms with E-state index in [1.54, 1.807) is 10.6 Å². The molecule has 0 atom stereocenters. The maximum absolute atomic E-state index is 12.2. The first-order valence-corrected chi connectivity index (χ1v) is 8.69. The Kier molecular flexibility index (Phi) is 4.03. The highest BCUT2D eigenvalue weighted by Crippen LogP contribution is 2.23. The molecule has 0 amide bonds. The number of nitrogens with zero attached hydrogens (tertiary/aromatic N) is 3. The number of ether oxygens (including phenoxy) is 1. The molecular formula is C19H15N3O2S. The second-order valence-corrected chi connectivity index (χ2v) is 6.54. The number of carbonyl (C=O) groups is 1. The van der Waals surface area contributed by atoms with E-state index in [-0.39, 0.29) is 6.61 Å². The lowest BCUT2D eigenvalue weighted by Gasteiger charge is -1.99. The highest BCUT2D eigenvalue weighted by molar-refractivity contribution is 7.13. The Hall–Kier alpha value is -2.99. The van der Waals surface area contributed by atoms with Crippen molar-refractivity contribution in [1.29, 1.82) is 0 Å². The van der Waals surface area contributed by atoms with Crippen LogP contribution in [0.5, 0.6) is 0 Å². The monoisotopic (exact) mass is 349 g/mol. The molecule has 0 aliphatic heterocycles. The number of hydrogen-bond donors (Lipinski definition) is 0. The smallest absolute Gasteiger partial charge is 0.358 e. The zero-order chi connectivity index (χ0) is 17.2. The van der Waals surface area contributed by atoms with Gasteiger partial charge in [0.25, 0.3) is 0 Å². The van der Waals surface area contributed by atoms with Crippen LogP contribution < -0.4 is 0 Å². The van der Waals surface area contributed by atoms with E-state index in [4.69, 9.17) is 4.74 Å². The third kappa shape index (κ3) is 3.29. The standard InChI is InChI=1S/C19H15N3O2S/c1-13-7-8-22-10-16(21-17(22)9-13)19(23)24-11-15-12-25-18(20-15)14-5-3-2-4-6-14/h2-10,12H,11H2,1H3. The summed E-state index contributed by atoms with van der Waals surface area (Å²) in [5.41, 5.74) is 3.91. The summed E-state index contributed by atoms with van der Waals surface area (Å²) in [6.07, 6.45) is 3.55. The molecule has 0 aliphatic carbocycles. The van der Waals surface area contributed by atoms with E-state index in [1.807, 2.05) is 61.0 Å². The number of hydrogen-bond acceptors (Lipinski definition) is 5. The Balaban J connectivity index is 1.45. The Morgan fingerprint density at radius 3 is 2.88 bits per heavy atom. The van der Waals surface area contributed by atoms with Crippen molar-refractivity contribution in [2.45, 2.75) is 13.5 Å². The largest absolute Gasteiger partial charge is 0.454 e. The number of imidazole rings is 1. The summed E-state index contributed by atoms with van der Waals surface area (Å²) in [6.45, 7) is 2.12. The Morgan fingerprint density at radius 2 is 2.04 bits per heavy atom. The van der Waals surface area contributed by atoms with E-state index < -0.39 is 5.97 Å². The second-order valence-electron chi connectivity index (χ2n) is 5.68. The minimum atomic E-state index is -0.449. The Morgan fingerprint density at radius 1 is 1.20 bits per heavy atom. The number of benzene rings is 1. The van der Waals surface area contributed by atoms with Crippen molar-refractivity contribution in [2.75, 3.05) is 0 Å². The van der Waals surface area contributed by atoms with Gasteiger partial charge in [-0.15, -0.1) is 11.3 Å². The summed E-state index contributed by atoms with van der Waals surface area (Å²) in [4.78, 5) is 21.1. The van der Waals surface area contributed by atoms with Gasteiger partial charge in [0.15, 0.2) is 5.69 Å². The molecule has 25 heavy (non-hydrogen) atoms. The first-order valence-electron chi connectivity index (χ1n) is 7.81. The lowest BCUT2D eigenvalue weighted by Crippen LogP contribution is -2.05. The number of fused-ring (bicyclic) bond motifs is 1. The van der Waals surface area contributed by atoms with Crippen LogP contribution in [0.1, 0.15) is 21.7 Å². The van der Waals surface area contributed by atoms with Crippen LogP contribution in [0.3, 0.4) is 0 Å². The van der Waals surface area contributed by atoms with Crippen molar-refractivity contribution in [1.82, 2.24) is 14.4 Å². The molecule has 3 heterocycles. The maximum atomic E-state index is 12.2. The fraction of sp³-hybridized carbons (Fsp3) is 0.105. The molecule has 0 aliphatic rings. The molecule has 0 fully saturated rings. The average Bonchev–Trinajstić information content (AvgIpc) is 3.27. The number of aryl methyl sites for hydroxylation is 1. The van der Waals surface area contributed by atoms with E-state index in [9.17, 15) is 4.79 Å².